The highest BCUT2D eigenvalue weighted by atomic mass is 31.1. The summed E-state index contributed by atoms with van der Waals surface area (Å²) >= 11 is 0. The van der Waals surface area contributed by atoms with Gasteiger partial charge in [-0.3, -0.25) is 0 Å². The molecular weight excluding hydrogens is 400 g/mol. The molecule has 9 heteroatoms. The Bertz CT molecular complexity index is 940. The molecule has 1 heterocycles. The number of hydrogen-bond donors (Lipinski definition) is 1. The van der Waals surface area contributed by atoms with E-state index in [1.807, 2.05) is 12.1 Å². The molecule has 0 aliphatic rings. The number of nitrogens with zero attached hydrogens (tertiary/aromatic N) is 3. The second-order valence-electron chi connectivity index (χ2n) is 6.50. The van der Waals surface area contributed by atoms with Crippen molar-refractivity contribution in [2.75, 3.05) is 12.4 Å². The van der Waals surface area contributed by atoms with Crippen molar-refractivity contribution in [2.24, 2.45) is 0 Å². The minimum atomic E-state index is -4.72. The second-order valence-corrected chi connectivity index (χ2v) is 7.77. The summed E-state index contributed by atoms with van der Waals surface area (Å²) in [6.45, 7) is 4.22. The van der Waals surface area contributed by atoms with Gasteiger partial charge in [0.05, 0.1) is 5.69 Å². The van der Waals surface area contributed by atoms with E-state index in [0.29, 0.717) is 25.8 Å². The summed E-state index contributed by atoms with van der Waals surface area (Å²) in [7, 11) is 0.617. The van der Waals surface area contributed by atoms with Crippen LogP contribution in [0, 0.1) is 0 Å². The molecule has 0 spiro atoms. The van der Waals surface area contributed by atoms with Crippen LogP contribution in [0.25, 0.3) is 17.1 Å². The largest absolute Gasteiger partial charge is 0.573 e. The lowest BCUT2D eigenvalue weighted by Gasteiger charge is -2.15. The lowest BCUT2D eigenvalue weighted by atomic mass is 10.2. The van der Waals surface area contributed by atoms with Gasteiger partial charge in [-0.25, -0.2) is 9.67 Å². The highest BCUT2D eigenvalue weighted by Gasteiger charge is 2.31. The lowest BCUT2D eigenvalue weighted by molar-refractivity contribution is -0.274. The van der Waals surface area contributed by atoms with Gasteiger partial charge in [0.1, 0.15) is 11.6 Å². The van der Waals surface area contributed by atoms with Crippen LogP contribution in [0.2, 0.25) is 0 Å². The van der Waals surface area contributed by atoms with E-state index in [-0.39, 0.29) is 11.4 Å². The van der Waals surface area contributed by atoms with Crippen molar-refractivity contribution < 1.29 is 17.9 Å². The van der Waals surface area contributed by atoms with E-state index in [4.69, 9.17) is 10.7 Å². The van der Waals surface area contributed by atoms with Crippen LogP contribution in [0.3, 0.4) is 0 Å². The van der Waals surface area contributed by atoms with Crippen LogP contribution in [0.15, 0.2) is 48.5 Å². The van der Waals surface area contributed by atoms with Gasteiger partial charge in [-0.2, -0.15) is 0 Å². The molecule has 2 unspecified atom stereocenters. The van der Waals surface area contributed by atoms with Crippen LogP contribution in [-0.2, 0) is 0 Å². The first-order valence-corrected chi connectivity index (χ1v) is 10.7. The maximum Gasteiger partial charge on any atom is 0.573 e. The van der Waals surface area contributed by atoms with Crippen molar-refractivity contribution in [3.05, 3.63) is 54.4 Å². The van der Waals surface area contributed by atoms with Gasteiger partial charge in [0.2, 0.25) is 0 Å². The summed E-state index contributed by atoms with van der Waals surface area (Å²) in [4.78, 5) is 4.76. The van der Waals surface area contributed by atoms with E-state index >= 15 is 0 Å². The predicted molar refractivity (Wildman–Crippen MR) is 110 cm³/mol. The quantitative estimate of drug-likeness (QED) is 0.400. The Morgan fingerprint density at radius 3 is 2.31 bits per heavy atom. The molecule has 2 N–H and O–H groups in total. The Morgan fingerprint density at radius 2 is 1.76 bits per heavy atom. The fourth-order valence-corrected chi connectivity index (χ4v) is 4.00. The molecule has 0 fully saturated rings. The Balaban J connectivity index is 2.02. The third-order valence-electron chi connectivity index (χ3n) is 4.35. The minimum Gasteiger partial charge on any atom is -0.406 e. The van der Waals surface area contributed by atoms with Crippen LogP contribution >= 0.6 is 8.58 Å². The van der Waals surface area contributed by atoms with Gasteiger partial charge in [0, 0.05) is 16.9 Å². The molecule has 0 saturated heterocycles. The van der Waals surface area contributed by atoms with Gasteiger partial charge < -0.3 is 10.5 Å². The number of nitrogens with two attached hydrogens (primary N) is 1. The summed E-state index contributed by atoms with van der Waals surface area (Å²) in [5.41, 5.74) is 8.07. The van der Waals surface area contributed by atoms with E-state index in [1.54, 1.807) is 28.9 Å². The molecule has 2 aromatic carbocycles. The van der Waals surface area contributed by atoms with Crippen LogP contribution in [-0.4, -0.2) is 27.8 Å². The summed E-state index contributed by atoms with van der Waals surface area (Å²) in [5, 5.41) is 4.64. The Morgan fingerprint density at radius 1 is 1.10 bits per heavy atom. The van der Waals surface area contributed by atoms with Gasteiger partial charge in [-0.05, 0) is 61.6 Å². The smallest absolute Gasteiger partial charge is 0.406 e. The molecule has 29 heavy (non-hydrogen) atoms. The summed E-state index contributed by atoms with van der Waals surface area (Å²) in [6, 6.07) is 12.9. The van der Waals surface area contributed by atoms with Crippen molar-refractivity contribution in [3.63, 3.8) is 0 Å². The Labute approximate surface area is 168 Å². The molecule has 1 aromatic heterocycles. The molecule has 154 valence electrons. The first-order chi connectivity index (χ1) is 13.8. The number of anilines is 1. The first-order valence-electron chi connectivity index (χ1n) is 9.17. The van der Waals surface area contributed by atoms with Crippen molar-refractivity contribution in [2.45, 2.75) is 31.8 Å². The highest BCUT2D eigenvalue weighted by Crippen LogP contribution is 2.37. The molecule has 3 rings (SSSR count). The molecule has 0 aliphatic carbocycles. The zero-order chi connectivity index (χ0) is 21.0. The average Bonchev–Trinajstić information content (AvgIpc) is 3.11. The molecule has 2 atom stereocenters. The molecule has 3 aromatic rings. The zero-order valence-electron chi connectivity index (χ0n) is 16.1. The summed E-state index contributed by atoms with van der Waals surface area (Å²) in [5.74, 6) is 1.07. The third kappa shape index (κ3) is 5.26. The van der Waals surface area contributed by atoms with Crippen LogP contribution in [0.4, 0.5) is 18.9 Å². The molecule has 0 radical (unpaired) electrons. The maximum atomic E-state index is 12.4. The first kappa shape index (κ1) is 21.1. The van der Waals surface area contributed by atoms with Gasteiger partial charge in [-0.1, -0.05) is 13.3 Å². The molecule has 0 bridgehead atoms. The average molecular weight is 422 g/mol. The minimum absolute atomic E-state index is 0.209. The number of alkyl halides is 3. The third-order valence-corrected chi connectivity index (χ3v) is 5.60. The standard InChI is InChI=1S/C20H22F3N4OP/c1-3-4-17(29-2)19-25-18(13-5-7-14(24)8-6-13)26-27(19)15-9-11-16(12-10-15)28-20(21,22)23/h5-12,17,29H,3-4,24H2,1-2H3. The van der Waals surface area contributed by atoms with E-state index in [0.717, 1.165) is 24.2 Å². The number of benzene rings is 2. The monoisotopic (exact) mass is 422 g/mol. The van der Waals surface area contributed by atoms with E-state index in [2.05, 4.69) is 23.4 Å². The molecule has 5 nitrogen and oxygen atoms in total. The predicted octanol–water partition coefficient (Wildman–Crippen LogP) is 5.56. The van der Waals surface area contributed by atoms with Crippen molar-refractivity contribution in [1.82, 2.24) is 14.8 Å². The zero-order valence-corrected chi connectivity index (χ0v) is 17.1. The SMILES string of the molecule is CCCC(PC)c1nc(-c2ccc(N)cc2)nn1-c1ccc(OC(F)(F)F)cc1. The van der Waals surface area contributed by atoms with Crippen molar-refractivity contribution in [1.29, 1.82) is 0 Å². The number of rotatable bonds is 7. The van der Waals surface area contributed by atoms with Gasteiger partial charge in [0.15, 0.2) is 5.82 Å². The van der Waals surface area contributed by atoms with Crippen molar-refractivity contribution >= 4 is 14.3 Å². The number of aromatic nitrogens is 3. The normalized spacial score (nSPS) is 13.1. The lowest BCUT2D eigenvalue weighted by Crippen LogP contribution is -2.17. The molecule has 0 amide bonds. The Hall–Kier alpha value is -2.60. The van der Waals surface area contributed by atoms with Crippen LogP contribution in [0.5, 0.6) is 5.75 Å². The highest BCUT2D eigenvalue weighted by molar-refractivity contribution is 7.37. The number of nitrogen functional groups attached to an aromatic ring is 1. The van der Waals surface area contributed by atoms with E-state index < -0.39 is 6.36 Å². The van der Waals surface area contributed by atoms with Gasteiger partial charge in [0.25, 0.3) is 0 Å². The molecular formula is C20H22F3N4OP. The number of halogens is 3. The second kappa shape index (κ2) is 8.82. The summed E-state index contributed by atoms with van der Waals surface area (Å²) < 4.78 is 42.9. The van der Waals surface area contributed by atoms with Gasteiger partial charge in [-0.15, -0.1) is 26.9 Å². The van der Waals surface area contributed by atoms with E-state index in [9.17, 15) is 13.2 Å². The summed E-state index contributed by atoms with van der Waals surface area (Å²) in [6.07, 6.45) is -2.78. The fourth-order valence-electron chi connectivity index (χ4n) is 2.97. The van der Waals surface area contributed by atoms with Crippen molar-refractivity contribution in [3.8, 4) is 22.8 Å². The Kier molecular flexibility index (Phi) is 6.42. The topological polar surface area (TPSA) is 66.0 Å². The molecule has 0 saturated carbocycles. The van der Waals surface area contributed by atoms with E-state index in [1.165, 1.54) is 12.1 Å². The molecule has 0 aliphatic heterocycles. The number of hydrogen-bond acceptors (Lipinski definition) is 4. The fraction of sp³-hybridized carbons (Fsp3) is 0.300. The van der Waals surface area contributed by atoms with Gasteiger partial charge >= 0.3 is 6.36 Å². The van der Waals surface area contributed by atoms with Crippen LogP contribution in [0.1, 0.15) is 31.2 Å². The van der Waals surface area contributed by atoms with Crippen LogP contribution < -0.4 is 10.5 Å². The maximum absolute atomic E-state index is 12.4. The number of ether oxygens (including phenoxy) is 1.